The van der Waals surface area contributed by atoms with Crippen molar-refractivity contribution < 1.29 is 27.8 Å². The second-order valence-electron chi connectivity index (χ2n) is 9.95. The molecular formula is C27H25F2N5O4S2. The Bertz CT molecular complexity index is 1430. The van der Waals surface area contributed by atoms with Crippen molar-refractivity contribution >= 4 is 45.9 Å². The summed E-state index contributed by atoms with van der Waals surface area (Å²) in [6.45, 7) is -2.65. The highest BCUT2D eigenvalue weighted by molar-refractivity contribution is 8.13. The van der Waals surface area contributed by atoms with Gasteiger partial charge in [0, 0.05) is 22.6 Å². The molecule has 1 spiro atoms. The minimum absolute atomic E-state index is 0.0260. The SMILES string of the molecule is O=C(NC1=NC2(c3nc(NC(=O)c4ccc(OC(F)F)cn4)cs3)COC3(CCC3)CC2CS1)c1ccccc1. The monoisotopic (exact) mass is 585 g/mol. The predicted molar refractivity (Wildman–Crippen MR) is 147 cm³/mol. The summed E-state index contributed by atoms with van der Waals surface area (Å²) in [5.41, 5.74) is -0.351. The molecule has 2 fully saturated rings. The lowest BCUT2D eigenvalue weighted by Gasteiger charge is -2.54. The van der Waals surface area contributed by atoms with E-state index >= 15 is 0 Å². The van der Waals surface area contributed by atoms with Crippen LogP contribution in [0.25, 0.3) is 0 Å². The van der Waals surface area contributed by atoms with Gasteiger partial charge in [-0.3, -0.25) is 9.59 Å². The number of rotatable bonds is 6. The fourth-order valence-corrected chi connectivity index (χ4v) is 7.30. The summed E-state index contributed by atoms with van der Waals surface area (Å²) in [7, 11) is 0. The first-order valence-electron chi connectivity index (χ1n) is 12.8. The van der Waals surface area contributed by atoms with Crippen molar-refractivity contribution in [3.8, 4) is 5.75 Å². The fourth-order valence-electron chi connectivity index (χ4n) is 5.20. The van der Waals surface area contributed by atoms with Gasteiger partial charge in [0.25, 0.3) is 11.8 Å². The number of fused-ring (bicyclic) bond motifs is 1. The maximum absolute atomic E-state index is 12.9. The van der Waals surface area contributed by atoms with Crippen LogP contribution in [0.5, 0.6) is 5.75 Å². The largest absolute Gasteiger partial charge is 0.433 e. The van der Waals surface area contributed by atoms with Crippen LogP contribution in [0.15, 0.2) is 59.0 Å². The molecule has 1 saturated carbocycles. The number of hydrogen-bond donors (Lipinski definition) is 2. The van der Waals surface area contributed by atoms with Gasteiger partial charge >= 0.3 is 6.61 Å². The predicted octanol–water partition coefficient (Wildman–Crippen LogP) is 5.08. The maximum Gasteiger partial charge on any atom is 0.387 e. The van der Waals surface area contributed by atoms with Crippen LogP contribution in [-0.4, -0.2) is 51.5 Å². The average molecular weight is 586 g/mol. The molecule has 0 bridgehead atoms. The normalized spacial score (nSPS) is 23.1. The molecule has 1 aromatic carbocycles. The quantitative estimate of drug-likeness (QED) is 0.415. The average Bonchev–Trinajstić information content (AvgIpc) is 3.41. The third-order valence-corrected chi connectivity index (χ3v) is 9.49. The molecule has 2 atom stereocenters. The molecule has 3 aromatic rings. The summed E-state index contributed by atoms with van der Waals surface area (Å²) in [6.07, 6.45) is 5.11. The number of benzene rings is 1. The van der Waals surface area contributed by atoms with E-state index in [-0.39, 0.29) is 28.9 Å². The summed E-state index contributed by atoms with van der Waals surface area (Å²) < 4.78 is 35.5. The second kappa shape index (κ2) is 10.9. The molecule has 0 radical (unpaired) electrons. The minimum atomic E-state index is -2.98. The summed E-state index contributed by atoms with van der Waals surface area (Å²) >= 11 is 2.89. The van der Waals surface area contributed by atoms with E-state index in [0.29, 0.717) is 28.2 Å². The van der Waals surface area contributed by atoms with E-state index in [1.54, 1.807) is 17.5 Å². The van der Waals surface area contributed by atoms with E-state index in [4.69, 9.17) is 14.7 Å². The molecule has 4 heterocycles. The number of alkyl halides is 2. The number of amidine groups is 1. The summed E-state index contributed by atoms with van der Waals surface area (Å²) in [5.74, 6) is 0.288. The first kappa shape index (κ1) is 26.8. The molecule has 1 aliphatic carbocycles. The highest BCUT2D eigenvalue weighted by atomic mass is 32.2. The minimum Gasteiger partial charge on any atom is -0.433 e. The van der Waals surface area contributed by atoms with Crippen LogP contribution >= 0.6 is 23.1 Å². The molecule has 2 aromatic heterocycles. The molecule has 6 rings (SSSR count). The standard InChI is InChI=1S/C27H25F2N5O4S2/c28-24(29)38-18-7-8-19(30-12-18)22(36)31-20-14-39-23(32-20)27-15-37-26(9-4-10-26)11-17(27)13-40-25(34-27)33-21(35)16-5-2-1-3-6-16/h1-3,5-8,12,14,17,24H,4,9-11,13,15H2,(H,31,36)(H,33,34,35). The third-order valence-electron chi connectivity index (χ3n) is 7.45. The van der Waals surface area contributed by atoms with Crippen LogP contribution in [0.2, 0.25) is 0 Å². The van der Waals surface area contributed by atoms with Crippen molar-refractivity contribution in [1.82, 2.24) is 15.3 Å². The lowest BCUT2D eigenvalue weighted by atomic mass is 9.67. The topological polar surface area (TPSA) is 115 Å². The van der Waals surface area contributed by atoms with Crippen molar-refractivity contribution in [2.75, 3.05) is 17.7 Å². The smallest absolute Gasteiger partial charge is 0.387 e. The van der Waals surface area contributed by atoms with Gasteiger partial charge in [-0.1, -0.05) is 30.0 Å². The molecule has 2 amide bonds. The van der Waals surface area contributed by atoms with E-state index in [2.05, 4.69) is 20.4 Å². The van der Waals surface area contributed by atoms with Gasteiger partial charge in [-0.05, 0) is 49.9 Å². The number of thioether (sulfide) groups is 1. The highest BCUT2D eigenvalue weighted by Crippen LogP contribution is 2.54. The van der Waals surface area contributed by atoms with Crippen LogP contribution in [0.4, 0.5) is 14.6 Å². The molecule has 2 aliphatic heterocycles. The zero-order chi connectivity index (χ0) is 27.7. The van der Waals surface area contributed by atoms with E-state index in [0.717, 1.165) is 37.6 Å². The summed E-state index contributed by atoms with van der Waals surface area (Å²) in [5, 5.41) is 8.58. The van der Waals surface area contributed by atoms with E-state index in [9.17, 15) is 18.4 Å². The summed E-state index contributed by atoms with van der Waals surface area (Å²) in [4.78, 5) is 39.3. The van der Waals surface area contributed by atoms with E-state index < -0.39 is 18.1 Å². The number of pyridine rings is 1. The number of anilines is 1. The Hall–Kier alpha value is -3.42. The Balaban J connectivity index is 1.23. The molecule has 1 saturated heterocycles. The number of carbonyl (C=O) groups is 2. The lowest BCUT2D eigenvalue weighted by Crippen LogP contribution is -2.57. The number of hydrogen-bond acceptors (Lipinski definition) is 9. The molecular weight excluding hydrogens is 560 g/mol. The van der Waals surface area contributed by atoms with Crippen LogP contribution < -0.4 is 15.4 Å². The Labute approximate surface area is 236 Å². The molecule has 9 nitrogen and oxygen atoms in total. The van der Waals surface area contributed by atoms with Gasteiger partial charge in [0.05, 0.1) is 18.4 Å². The van der Waals surface area contributed by atoms with E-state index in [1.807, 2.05) is 18.2 Å². The lowest BCUT2D eigenvalue weighted by molar-refractivity contribution is -0.169. The highest BCUT2D eigenvalue weighted by Gasteiger charge is 2.56. The van der Waals surface area contributed by atoms with E-state index in [1.165, 1.54) is 35.2 Å². The Morgan fingerprint density at radius 1 is 1.10 bits per heavy atom. The second-order valence-corrected chi connectivity index (χ2v) is 11.8. The third kappa shape index (κ3) is 5.32. The van der Waals surface area contributed by atoms with Gasteiger partial charge in [-0.2, -0.15) is 8.78 Å². The Morgan fingerprint density at radius 2 is 1.93 bits per heavy atom. The Kier molecular flexibility index (Phi) is 7.27. The van der Waals surface area contributed by atoms with Crippen molar-refractivity contribution in [2.24, 2.45) is 10.9 Å². The van der Waals surface area contributed by atoms with Crippen LogP contribution in [-0.2, 0) is 10.3 Å². The van der Waals surface area contributed by atoms with Crippen molar-refractivity contribution in [3.63, 3.8) is 0 Å². The van der Waals surface area contributed by atoms with Crippen molar-refractivity contribution in [1.29, 1.82) is 0 Å². The number of aromatic nitrogens is 2. The van der Waals surface area contributed by atoms with Crippen molar-refractivity contribution in [3.05, 3.63) is 70.3 Å². The molecule has 2 N–H and O–H groups in total. The van der Waals surface area contributed by atoms with Crippen molar-refractivity contribution in [2.45, 2.75) is 43.4 Å². The Morgan fingerprint density at radius 3 is 2.62 bits per heavy atom. The fraction of sp³-hybridized carbons (Fsp3) is 0.370. The van der Waals surface area contributed by atoms with Crippen LogP contribution in [0.3, 0.4) is 0 Å². The molecule has 2 unspecified atom stereocenters. The molecule has 208 valence electrons. The van der Waals surface area contributed by atoms with Gasteiger partial charge in [-0.25, -0.2) is 15.0 Å². The zero-order valence-corrected chi connectivity index (χ0v) is 22.8. The number of halogens is 2. The van der Waals surface area contributed by atoms with Gasteiger partial charge in [0.2, 0.25) is 0 Å². The molecule has 3 aliphatic rings. The number of thiazole rings is 1. The number of ether oxygens (including phenoxy) is 2. The van der Waals surface area contributed by atoms with Crippen LogP contribution in [0, 0.1) is 5.92 Å². The number of carbonyl (C=O) groups excluding carboxylic acids is 2. The van der Waals surface area contributed by atoms with Gasteiger partial charge in [-0.15, -0.1) is 11.3 Å². The first-order valence-corrected chi connectivity index (χ1v) is 14.6. The number of nitrogens with one attached hydrogen (secondary N) is 2. The van der Waals surface area contributed by atoms with Gasteiger partial charge in [0.15, 0.2) is 5.17 Å². The number of aliphatic imine (C=N–C) groups is 1. The molecule has 40 heavy (non-hydrogen) atoms. The summed E-state index contributed by atoms with van der Waals surface area (Å²) in [6, 6.07) is 11.5. The van der Waals surface area contributed by atoms with Gasteiger partial charge < -0.3 is 20.1 Å². The maximum atomic E-state index is 12.9. The number of amides is 2. The first-order chi connectivity index (χ1) is 19.3. The zero-order valence-electron chi connectivity index (χ0n) is 21.1. The van der Waals surface area contributed by atoms with Crippen LogP contribution in [0.1, 0.15) is 51.5 Å². The molecule has 13 heteroatoms. The number of nitrogens with zero attached hydrogens (tertiary/aromatic N) is 3. The van der Waals surface area contributed by atoms with Gasteiger partial charge in [0.1, 0.15) is 27.8 Å².